The normalized spacial score (nSPS) is 20.3. The maximum absolute atomic E-state index is 13.6. The van der Waals surface area contributed by atoms with E-state index in [4.69, 9.17) is 4.74 Å². The summed E-state index contributed by atoms with van der Waals surface area (Å²) < 4.78 is 46.3. The number of aromatic nitrogens is 1. The molecular formula is C26H28F3N3O3. The molecule has 35 heavy (non-hydrogen) atoms. The van der Waals surface area contributed by atoms with Gasteiger partial charge in [0.2, 0.25) is 0 Å². The van der Waals surface area contributed by atoms with Crippen molar-refractivity contribution in [2.75, 3.05) is 13.1 Å². The highest BCUT2D eigenvalue weighted by atomic mass is 19.4. The van der Waals surface area contributed by atoms with Crippen LogP contribution in [0.25, 0.3) is 0 Å². The number of amides is 1. The molecule has 6 nitrogen and oxygen atoms in total. The van der Waals surface area contributed by atoms with Crippen molar-refractivity contribution < 1.29 is 27.8 Å². The van der Waals surface area contributed by atoms with Crippen molar-refractivity contribution in [2.24, 2.45) is 5.41 Å². The van der Waals surface area contributed by atoms with Crippen molar-refractivity contribution in [3.8, 4) is 6.07 Å². The summed E-state index contributed by atoms with van der Waals surface area (Å²) in [4.78, 5) is 18.1. The fourth-order valence-corrected chi connectivity index (χ4v) is 4.93. The van der Waals surface area contributed by atoms with E-state index in [9.17, 15) is 28.3 Å². The monoisotopic (exact) mass is 487 g/mol. The van der Waals surface area contributed by atoms with Gasteiger partial charge in [-0.05, 0) is 50.8 Å². The van der Waals surface area contributed by atoms with Crippen molar-refractivity contribution in [2.45, 2.75) is 63.3 Å². The van der Waals surface area contributed by atoms with Gasteiger partial charge in [0.1, 0.15) is 17.3 Å². The molecule has 1 aromatic carbocycles. The molecular weight excluding hydrogens is 459 g/mol. The predicted octanol–water partition coefficient (Wildman–Crippen LogP) is 5.04. The van der Waals surface area contributed by atoms with Crippen molar-refractivity contribution in [1.82, 2.24) is 9.88 Å². The second-order valence-corrected chi connectivity index (χ2v) is 10.8. The molecule has 0 spiro atoms. The molecule has 0 unspecified atom stereocenters. The summed E-state index contributed by atoms with van der Waals surface area (Å²) in [5, 5.41) is 21.6. The predicted molar refractivity (Wildman–Crippen MR) is 121 cm³/mol. The first-order chi connectivity index (χ1) is 16.2. The number of nitrogens with zero attached hydrogens (tertiary/aromatic N) is 3. The Hall–Kier alpha value is -3.12. The Balaban J connectivity index is 1.72. The zero-order valence-electron chi connectivity index (χ0n) is 20.1. The number of carbonyl (C=O) groups is 1. The Kier molecular flexibility index (Phi) is 5.68. The van der Waals surface area contributed by atoms with E-state index in [1.54, 1.807) is 27.7 Å². The number of ether oxygens (including phenoxy) is 1. The van der Waals surface area contributed by atoms with Gasteiger partial charge in [0.25, 0.3) is 0 Å². The molecule has 9 heteroatoms. The number of halogens is 3. The van der Waals surface area contributed by atoms with Crippen molar-refractivity contribution >= 4 is 6.09 Å². The Labute approximate surface area is 202 Å². The minimum Gasteiger partial charge on any atom is -0.444 e. The number of hydrogen-bond acceptors (Lipinski definition) is 5. The zero-order valence-corrected chi connectivity index (χ0v) is 20.1. The van der Waals surface area contributed by atoms with Crippen LogP contribution in [0.15, 0.2) is 42.7 Å². The fraction of sp³-hybridized carbons (Fsp3) is 0.500. The van der Waals surface area contributed by atoms with Gasteiger partial charge in [-0.25, -0.2) is 4.79 Å². The fourth-order valence-electron chi connectivity index (χ4n) is 4.93. The number of benzene rings is 1. The quantitative estimate of drug-likeness (QED) is 0.653. The third kappa shape index (κ3) is 4.14. The molecule has 1 aliphatic carbocycles. The minimum absolute atomic E-state index is 0.0385. The van der Waals surface area contributed by atoms with E-state index in [0.717, 1.165) is 0 Å². The lowest BCUT2D eigenvalue weighted by Crippen LogP contribution is -2.66. The summed E-state index contributed by atoms with van der Waals surface area (Å²) in [6.45, 7) is 7.35. The summed E-state index contributed by atoms with van der Waals surface area (Å²) in [5.41, 5.74) is -4.07. The molecule has 1 aromatic heterocycles. The van der Waals surface area contributed by atoms with Gasteiger partial charge < -0.3 is 14.7 Å². The third-order valence-electron chi connectivity index (χ3n) is 7.04. The lowest BCUT2D eigenvalue weighted by atomic mass is 9.62. The Morgan fingerprint density at radius 1 is 1.11 bits per heavy atom. The highest BCUT2D eigenvalue weighted by Gasteiger charge is 2.64. The Morgan fingerprint density at radius 2 is 1.71 bits per heavy atom. The van der Waals surface area contributed by atoms with Crippen LogP contribution >= 0.6 is 0 Å². The molecule has 2 heterocycles. The van der Waals surface area contributed by atoms with Crippen LogP contribution < -0.4 is 0 Å². The van der Waals surface area contributed by atoms with Gasteiger partial charge in [-0.15, -0.1) is 0 Å². The van der Waals surface area contributed by atoms with E-state index in [0.29, 0.717) is 11.1 Å². The van der Waals surface area contributed by atoms with Crippen LogP contribution in [0.2, 0.25) is 0 Å². The van der Waals surface area contributed by atoms with E-state index >= 15 is 0 Å². The van der Waals surface area contributed by atoms with Crippen molar-refractivity contribution in [3.05, 3.63) is 65.0 Å². The van der Waals surface area contributed by atoms with Crippen LogP contribution in [0.5, 0.6) is 0 Å². The first-order valence-corrected chi connectivity index (χ1v) is 11.4. The van der Waals surface area contributed by atoms with Crippen molar-refractivity contribution in [3.63, 3.8) is 0 Å². The molecule has 1 saturated carbocycles. The first-order valence-electron chi connectivity index (χ1n) is 11.4. The molecule has 0 bridgehead atoms. The second kappa shape index (κ2) is 7.95. The number of aliphatic hydroxyl groups is 1. The molecule has 1 saturated heterocycles. The molecule has 186 valence electrons. The lowest BCUT2D eigenvalue weighted by molar-refractivity contribution is -0.160. The number of pyridine rings is 1. The lowest BCUT2D eigenvalue weighted by Gasteiger charge is -2.56. The van der Waals surface area contributed by atoms with E-state index in [2.05, 4.69) is 4.98 Å². The summed E-state index contributed by atoms with van der Waals surface area (Å²) in [5.74, 6) is 0. The van der Waals surface area contributed by atoms with Gasteiger partial charge in [0.15, 0.2) is 0 Å². The number of likely N-dealkylation sites (tertiary alicyclic amines) is 1. The van der Waals surface area contributed by atoms with Gasteiger partial charge in [0.05, 0.1) is 11.0 Å². The Morgan fingerprint density at radius 3 is 2.20 bits per heavy atom. The number of nitriles is 1. The number of rotatable bonds is 4. The summed E-state index contributed by atoms with van der Waals surface area (Å²) >= 11 is 0. The highest BCUT2D eigenvalue weighted by Crippen LogP contribution is 2.59. The number of carbonyl (C=O) groups excluding carboxylic acids is 1. The van der Waals surface area contributed by atoms with Crippen LogP contribution in [0, 0.1) is 16.7 Å². The molecule has 2 aromatic rings. The topological polar surface area (TPSA) is 86.4 Å². The van der Waals surface area contributed by atoms with Gasteiger partial charge in [-0.2, -0.15) is 18.4 Å². The SMILES string of the molecule is CC(C)(C)OC(=O)N1CC(C)([C@](O)(c2ccc(C3(C(F)(F)F)CC3)cc2)c2cncc(C#N)c2)C1. The highest BCUT2D eigenvalue weighted by molar-refractivity contribution is 5.70. The third-order valence-corrected chi connectivity index (χ3v) is 7.04. The average Bonchev–Trinajstić information content (AvgIpc) is 3.57. The zero-order chi connectivity index (χ0) is 25.9. The summed E-state index contributed by atoms with van der Waals surface area (Å²) in [6, 6.07) is 9.34. The number of alkyl halides is 3. The van der Waals surface area contributed by atoms with Gasteiger partial charge in [-0.3, -0.25) is 4.98 Å². The van der Waals surface area contributed by atoms with Crippen molar-refractivity contribution in [1.29, 1.82) is 5.26 Å². The smallest absolute Gasteiger partial charge is 0.410 e. The van der Waals surface area contributed by atoms with Crippen LogP contribution in [0.3, 0.4) is 0 Å². The number of hydrogen-bond donors (Lipinski definition) is 1. The average molecular weight is 488 g/mol. The van der Waals surface area contributed by atoms with Gasteiger partial charge >= 0.3 is 12.3 Å². The second-order valence-electron chi connectivity index (χ2n) is 10.8. The maximum Gasteiger partial charge on any atom is 0.410 e. The van der Waals surface area contributed by atoms with Crippen LogP contribution in [0.4, 0.5) is 18.0 Å². The molecule has 2 fully saturated rings. The standard InChI is InChI=1S/C26H28F3N3O3/c1-22(2,3)35-21(33)32-15-23(4,16-32)25(34,20-11-17(12-30)13-31-14-20)19-7-5-18(6-8-19)24(9-10-24)26(27,28)29/h5-8,11,13-14,34H,9-10,15-16H2,1-4H3/t25-/m0/s1. The molecule has 2 aliphatic rings. The maximum atomic E-state index is 13.6. The van der Waals surface area contributed by atoms with Crippen LogP contribution in [-0.4, -0.2) is 46.0 Å². The Bertz CT molecular complexity index is 1170. The minimum atomic E-state index is -4.34. The molecule has 0 radical (unpaired) electrons. The molecule has 1 N–H and O–H groups in total. The van der Waals surface area contributed by atoms with Crippen LogP contribution in [0.1, 0.15) is 62.8 Å². The van der Waals surface area contributed by atoms with Crippen LogP contribution in [-0.2, 0) is 15.8 Å². The van der Waals surface area contributed by atoms with Gasteiger partial charge in [-0.1, -0.05) is 31.2 Å². The summed E-state index contributed by atoms with van der Waals surface area (Å²) in [7, 11) is 0. The van der Waals surface area contributed by atoms with E-state index in [1.807, 2.05) is 6.07 Å². The van der Waals surface area contributed by atoms with E-state index in [1.165, 1.54) is 47.6 Å². The van der Waals surface area contributed by atoms with E-state index < -0.39 is 34.3 Å². The van der Waals surface area contributed by atoms with E-state index in [-0.39, 0.29) is 37.1 Å². The first kappa shape index (κ1) is 25.0. The molecule has 1 aliphatic heterocycles. The largest absolute Gasteiger partial charge is 0.444 e. The molecule has 1 amide bonds. The molecule has 4 rings (SSSR count). The summed E-state index contributed by atoms with van der Waals surface area (Å²) in [6.07, 6.45) is -1.98. The van der Waals surface area contributed by atoms with Gasteiger partial charge in [0, 0.05) is 36.5 Å². The molecule has 1 atom stereocenters.